The molecule has 3 aromatic rings. The first-order valence-corrected chi connectivity index (χ1v) is 10.8. The number of rotatable bonds is 7. The average Bonchev–Trinajstić information content (AvgIpc) is 3.52. The molecule has 1 aliphatic rings. The van der Waals surface area contributed by atoms with Crippen LogP contribution < -0.4 is 10.3 Å². The van der Waals surface area contributed by atoms with E-state index in [4.69, 9.17) is 0 Å². The summed E-state index contributed by atoms with van der Waals surface area (Å²) in [6, 6.07) is 18.7. The zero-order valence-corrected chi connectivity index (χ0v) is 15.7. The molecule has 0 radical (unpaired) electrons. The Kier molecular flexibility index (Phi) is 4.85. The molecule has 0 bridgehead atoms. The fourth-order valence-electron chi connectivity index (χ4n) is 3.40. The number of sulfonamides is 1. The van der Waals surface area contributed by atoms with E-state index < -0.39 is 10.0 Å². The number of pyridine rings is 1. The largest absolute Gasteiger partial charge is 0.314 e. The van der Waals surface area contributed by atoms with Gasteiger partial charge in [-0.3, -0.25) is 4.79 Å². The molecule has 1 heterocycles. The lowest BCUT2D eigenvalue weighted by Crippen LogP contribution is -2.34. The highest BCUT2D eigenvalue weighted by Gasteiger charge is 2.34. The van der Waals surface area contributed by atoms with Crippen molar-refractivity contribution in [3.63, 3.8) is 0 Å². The maximum atomic E-state index is 12.7. The van der Waals surface area contributed by atoms with Crippen molar-refractivity contribution in [3.05, 3.63) is 82.8 Å². The summed E-state index contributed by atoms with van der Waals surface area (Å²) in [7, 11) is -3.51. The van der Waals surface area contributed by atoms with Gasteiger partial charge in [-0.05, 0) is 41.8 Å². The maximum Gasteiger partial charge on any atom is 0.258 e. The third-order valence-corrected chi connectivity index (χ3v) is 6.38. The molecule has 6 heteroatoms. The number of fused-ring (bicyclic) bond motifs is 1. The fraction of sp³-hybridized carbons (Fsp3) is 0.286. The lowest BCUT2D eigenvalue weighted by Gasteiger charge is -2.19. The second-order valence-electron chi connectivity index (χ2n) is 7.06. The SMILES string of the molecule is O=c1c2ccccc2ccn1CCS(=O)(=O)NC(c1ccccc1)C1CC1. The van der Waals surface area contributed by atoms with E-state index in [9.17, 15) is 13.2 Å². The van der Waals surface area contributed by atoms with Crippen LogP contribution in [0, 0.1) is 5.92 Å². The molecule has 2 aromatic carbocycles. The van der Waals surface area contributed by atoms with Crippen LogP contribution in [0.4, 0.5) is 0 Å². The van der Waals surface area contributed by atoms with Crippen LogP contribution in [0.5, 0.6) is 0 Å². The van der Waals surface area contributed by atoms with Gasteiger partial charge in [0.1, 0.15) is 0 Å². The molecule has 0 saturated heterocycles. The normalized spacial score (nSPS) is 15.7. The van der Waals surface area contributed by atoms with Gasteiger partial charge in [0.2, 0.25) is 10.0 Å². The maximum absolute atomic E-state index is 12.7. The molecule has 27 heavy (non-hydrogen) atoms. The van der Waals surface area contributed by atoms with Crippen molar-refractivity contribution in [2.75, 3.05) is 5.75 Å². The first-order valence-electron chi connectivity index (χ1n) is 9.17. The van der Waals surface area contributed by atoms with Crippen molar-refractivity contribution < 1.29 is 8.42 Å². The first kappa shape index (κ1) is 17.9. The monoisotopic (exact) mass is 382 g/mol. The molecule has 1 N–H and O–H groups in total. The smallest absolute Gasteiger partial charge is 0.258 e. The fourth-order valence-corrected chi connectivity index (χ4v) is 4.67. The zero-order chi connectivity index (χ0) is 18.9. The summed E-state index contributed by atoms with van der Waals surface area (Å²) in [5.74, 6) is 0.229. The van der Waals surface area contributed by atoms with Crippen molar-refractivity contribution in [2.45, 2.75) is 25.4 Å². The van der Waals surface area contributed by atoms with Gasteiger partial charge < -0.3 is 4.57 Å². The molecule has 1 saturated carbocycles. The number of hydrogen-bond donors (Lipinski definition) is 1. The van der Waals surface area contributed by atoms with Crippen molar-refractivity contribution in [2.24, 2.45) is 5.92 Å². The number of hydrogen-bond acceptors (Lipinski definition) is 3. The summed E-state index contributed by atoms with van der Waals surface area (Å²) in [5, 5.41) is 1.46. The van der Waals surface area contributed by atoms with Gasteiger partial charge in [0.25, 0.3) is 5.56 Å². The van der Waals surface area contributed by atoms with E-state index in [1.165, 1.54) is 4.57 Å². The second kappa shape index (κ2) is 7.29. The van der Waals surface area contributed by atoms with E-state index >= 15 is 0 Å². The van der Waals surface area contributed by atoms with Crippen molar-refractivity contribution >= 4 is 20.8 Å². The Labute approximate surface area is 158 Å². The van der Waals surface area contributed by atoms with E-state index in [-0.39, 0.29) is 23.9 Å². The van der Waals surface area contributed by atoms with Crippen LogP contribution in [0.3, 0.4) is 0 Å². The molecule has 140 valence electrons. The predicted octanol–water partition coefficient (Wildman–Crippen LogP) is 3.07. The van der Waals surface area contributed by atoms with Crippen LogP contribution in [0.1, 0.15) is 24.4 Å². The molecular formula is C21H22N2O3S. The van der Waals surface area contributed by atoms with E-state index in [1.807, 2.05) is 54.6 Å². The van der Waals surface area contributed by atoms with Crippen LogP contribution in [0.25, 0.3) is 10.8 Å². The highest BCUT2D eigenvalue weighted by atomic mass is 32.2. The lowest BCUT2D eigenvalue weighted by molar-refractivity contribution is 0.524. The summed E-state index contributed by atoms with van der Waals surface area (Å²) >= 11 is 0. The van der Waals surface area contributed by atoms with E-state index in [0.29, 0.717) is 11.3 Å². The van der Waals surface area contributed by atoms with Gasteiger partial charge in [-0.2, -0.15) is 0 Å². The molecule has 0 spiro atoms. The van der Waals surface area contributed by atoms with E-state index in [0.717, 1.165) is 23.8 Å². The van der Waals surface area contributed by atoms with E-state index in [1.54, 1.807) is 12.3 Å². The number of nitrogens with one attached hydrogen (secondary N) is 1. The molecule has 1 unspecified atom stereocenters. The van der Waals surface area contributed by atoms with Crippen LogP contribution >= 0.6 is 0 Å². The second-order valence-corrected chi connectivity index (χ2v) is 8.94. The highest BCUT2D eigenvalue weighted by molar-refractivity contribution is 7.89. The Morgan fingerprint density at radius 2 is 1.70 bits per heavy atom. The molecule has 0 amide bonds. The molecule has 1 atom stereocenters. The first-order chi connectivity index (χ1) is 13.0. The number of aryl methyl sites for hydroxylation is 1. The van der Waals surface area contributed by atoms with Crippen LogP contribution in [0.15, 0.2) is 71.7 Å². The van der Waals surface area contributed by atoms with Crippen molar-refractivity contribution in [1.29, 1.82) is 0 Å². The Hall–Kier alpha value is -2.44. The van der Waals surface area contributed by atoms with E-state index in [2.05, 4.69) is 4.72 Å². The molecule has 1 fully saturated rings. The Morgan fingerprint density at radius 1 is 1.00 bits per heavy atom. The van der Waals surface area contributed by atoms with Gasteiger partial charge in [-0.15, -0.1) is 0 Å². The minimum absolute atomic E-state index is 0.124. The van der Waals surface area contributed by atoms with Gasteiger partial charge in [-0.1, -0.05) is 48.5 Å². The summed E-state index contributed by atoms with van der Waals surface area (Å²) in [4.78, 5) is 12.6. The van der Waals surface area contributed by atoms with Gasteiger partial charge in [0, 0.05) is 24.2 Å². The molecule has 5 nitrogen and oxygen atoms in total. The van der Waals surface area contributed by atoms with Gasteiger partial charge in [0.05, 0.1) is 5.75 Å². The molecule has 0 aliphatic heterocycles. The average molecular weight is 382 g/mol. The predicted molar refractivity (Wildman–Crippen MR) is 107 cm³/mol. The number of nitrogens with zero attached hydrogens (tertiary/aromatic N) is 1. The van der Waals surface area contributed by atoms with Gasteiger partial charge >= 0.3 is 0 Å². The van der Waals surface area contributed by atoms with Crippen LogP contribution in [-0.4, -0.2) is 18.7 Å². The van der Waals surface area contributed by atoms with Crippen molar-refractivity contribution in [1.82, 2.24) is 9.29 Å². The number of benzene rings is 2. The van der Waals surface area contributed by atoms with Gasteiger partial charge in [-0.25, -0.2) is 13.1 Å². The molecule has 1 aliphatic carbocycles. The molecular weight excluding hydrogens is 360 g/mol. The summed E-state index contributed by atoms with van der Waals surface area (Å²) in [6.07, 6.45) is 3.73. The van der Waals surface area contributed by atoms with Crippen LogP contribution in [-0.2, 0) is 16.6 Å². The number of aromatic nitrogens is 1. The minimum Gasteiger partial charge on any atom is -0.314 e. The zero-order valence-electron chi connectivity index (χ0n) is 14.9. The summed E-state index contributed by atoms with van der Waals surface area (Å²) in [6.45, 7) is 0.130. The van der Waals surface area contributed by atoms with Gasteiger partial charge in [0.15, 0.2) is 0 Å². The summed E-state index contributed by atoms with van der Waals surface area (Å²) < 4.78 is 29.7. The third-order valence-electron chi connectivity index (χ3n) is 5.05. The highest BCUT2D eigenvalue weighted by Crippen LogP contribution is 2.41. The Bertz CT molecular complexity index is 1100. The molecule has 4 rings (SSSR count). The standard InChI is InChI=1S/C21H22N2O3S/c24-21-19-9-5-4-6-16(19)12-13-23(21)14-15-27(25,26)22-20(18-10-11-18)17-7-2-1-3-8-17/h1-9,12-13,18,20,22H,10-11,14-15H2. The van der Waals surface area contributed by atoms with Crippen molar-refractivity contribution in [3.8, 4) is 0 Å². The Morgan fingerprint density at radius 3 is 2.44 bits per heavy atom. The minimum atomic E-state index is -3.51. The molecule has 1 aromatic heterocycles. The van der Waals surface area contributed by atoms with Crippen LogP contribution in [0.2, 0.25) is 0 Å². The third kappa shape index (κ3) is 4.12. The Balaban J connectivity index is 1.50. The summed E-state index contributed by atoms with van der Waals surface area (Å²) in [5.41, 5.74) is 0.830. The lowest BCUT2D eigenvalue weighted by atomic mass is 10.0. The topological polar surface area (TPSA) is 68.2 Å². The quantitative estimate of drug-likeness (QED) is 0.683.